The Morgan fingerprint density at radius 3 is 2.78 bits per heavy atom. The van der Waals surface area contributed by atoms with Crippen LogP contribution in [0.4, 0.5) is 5.69 Å². The number of fused-ring (bicyclic) bond motifs is 1. The summed E-state index contributed by atoms with van der Waals surface area (Å²) in [7, 11) is 4.11. The van der Waals surface area contributed by atoms with Crippen LogP contribution in [0.1, 0.15) is 35.4 Å². The van der Waals surface area contributed by atoms with Crippen LogP contribution in [0.25, 0.3) is 0 Å². The highest BCUT2D eigenvalue weighted by atomic mass is 16.4. The summed E-state index contributed by atoms with van der Waals surface area (Å²) in [5.74, 6) is -0.455. The Bertz CT molecular complexity index is 924. The average Bonchev–Trinajstić information content (AvgIpc) is 3.16. The van der Waals surface area contributed by atoms with Gasteiger partial charge in [-0.05, 0) is 41.7 Å². The van der Waals surface area contributed by atoms with Gasteiger partial charge in [0, 0.05) is 50.1 Å². The predicted molar refractivity (Wildman–Crippen MR) is 106 cm³/mol. The van der Waals surface area contributed by atoms with Gasteiger partial charge in [-0.3, -0.25) is 4.79 Å². The molecular weight excluding hydrogens is 336 g/mol. The molecule has 0 radical (unpaired) electrons. The molecule has 4 nitrogen and oxygen atoms in total. The highest BCUT2D eigenvalue weighted by Crippen LogP contribution is 2.67. The van der Waals surface area contributed by atoms with Crippen molar-refractivity contribution in [3.8, 4) is 0 Å². The molecule has 2 bridgehead atoms. The van der Waals surface area contributed by atoms with Crippen LogP contribution in [0, 0.1) is 11.3 Å². The lowest BCUT2D eigenvalue weighted by atomic mass is 9.42. The van der Waals surface area contributed by atoms with Crippen molar-refractivity contribution in [1.82, 2.24) is 5.32 Å². The van der Waals surface area contributed by atoms with E-state index < -0.39 is 11.4 Å². The summed E-state index contributed by atoms with van der Waals surface area (Å²) in [5, 5.41) is 13.9. The second-order valence-corrected chi connectivity index (χ2v) is 8.62. The van der Waals surface area contributed by atoms with E-state index in [1.54, 1.807) is 0 Å². The Balaban J connectivity index is 1.82. The third kappa shape index (κ3) is 1.94. The Morgan fingerprint density at radius 2 is 2.00 bits per heavy atom. The molecule has 2 aromatic rings. The molecule has 6 rings (SSSR count). The van der Waals surface area contributed by atoms with Crippen molar-refractivity contribution in [2.45, 2.75) is 24.2 Å². The van der Waals surface area contributed by atoms with Gasteiger partial charge in [-0.25, -0.2) is 0 Å². The van der Waals surface area contributed by atoms with Gasteiger partial charge in [-0.2, -0.15) is 0 Å². The van der Waals surface area contributed by atoms with Gasteiger partial charge >= 0.3 is 5.97 Å². The predicted octanol–water partition coefficient (Wildman–Crippen LogP) is 3.22. The first kappa shape index (κ1) is 16.8. The molecule has 1 saturated heterocycles. The minimum absolute atomic E-state index is 0.0774. The number of carbonyl (C=O) groups is 1. The normalized spacial score (nSPS) is 33.4. The zero-order valence-corrected chi connectivity index (χ0v) is 15.9. The number of hydrogen-bond acceptors (Lipinski definition) is 3. The summed E-state index contributed by atoms with van der Waals surface area (Å²) in [5.41, 5.74) is 4.08. The van der Waals surface area contributed by atoms with Gasteiger partial charge < -0.3 is 15.3 Å². The number of carboxylic acid groups (broad SMARTS) is 1. The Kier molecular flexibility index (Phi) is 3.48. The van der Waals surface area contributed by atoms with Crippen LogP contribution < -0.4 is 10.2 Å². The van der Waals surface area contributed by atoms with Gasteiger partial charge in [0.2, 0.25) is 0 Å². The van der Waals surface area contributed by atoms with E-state index in [0.717, 1.165) is 19.4 Å². The summed E-state index contributed by atoms with van der Waals surface area (Å²) < 4.78 is 0. The maximum atomic E-state index is 12.7. The maximum absolute atomic E-state index is 12.7. The molecule has 0 amide bonds. The molecule has 4 atom stereocenters. The molecule has 4 aliphatic rings. The quantitative estimate of drug-likeness (QED) is 0.880. The van der Waals surface area contributed by atoms with Crippen LogP contribution in [-0.4, -0.2) is 38.3 Å². The highest BCUT2D eigenvalue weighted by molar-refractivity contribution is 5.80. The molecule has 3 aliphatic carbocycles. The third-order valence-electron chi connectivity index (χ3n) is 7.52. The van der Waals surface area contributed by atoms with E-state index >= 15 is 0 Å². The molecule has 0 spiro atoms. The Morgan fingerprint density at radius 1 is 1.19 bits per heavy atom. The molecular formula is C23H26N2O2. The summed E-state index contributed by atoms with van der Waals surface area (Å²) in [6, 6.07) is 17.3. The van der Waals surface area contributed by atoms with Crippen molar-refractivity contribution < 1.29 is 9.90 Å². The van der Waals surface area contributed by atoms with Gasteiger partial charge in [-0.1, -0.05) is 36.4 Å². The van der Waals surface area contributed by atoms with Crippen LogP contribution in [-0.2, 0) is 10.2 Å². The fourth-order valence-electron chi connectivity index (χ4n) is 6.41. The van der Waals surface area contributed by atoms with Crippen molar-refractivity contribution in [3.63, 3.8) is 0 Å². The first-order valence-electron chi connectivity index (χ1n) is 9.83. The number of rotatable bonds is 3. The summed E-state index contributed by atoms with van der Waals surface area (Å²) in [4.78, 5) is 14.8. The van der Waals surface area contributed by atoms with Gasteiger partial charge in [0.05, 0.1) is 5.41 Å². The monoisotopic (exact) mass is 362 g/mol. The lowest BCUT2D eigenvalue weighted by Gasteiger charge is -2.59. The highest BCUT2D eigenvalue weighted by Gasteiger charge is 2.68. The average molecular weight is 362 g/mol. The Hall–Kier alpha value is -2.33. The zero-order chi connectivity index (χ0) is 18.8. The smallest absolute Gasteiger partial charge is 0.311 e. The minimum atomic E-state index is -0.708. The molecule has 140 valence electrons. The van der Waals surface area contributed by atoms with E-state index in [0.29, 0.717) is 6.54 Å². The fourth-order valence-corrected chi connectivity index (χ4v) is 6.41. The van der Waals surface area contributed by atoms with E-state index in [-0.39, 0.29) is 17.3 Å². The lowest BCUT2D eigenvalue weighted by molar-refractivity contribution is -0.157. The molecule has 0 aromatic heterocycles. The van der Waals surface area contributed by atoms with Crippen molar-refractivity contribution in [3.05, 3.63) is 65.2 Å². The molecule has 4 unspecified atom stereocenters. The lowest BCUT2D eigenvalue weighted by Crippen LogP contribution is -2.60. The van der Waals surface area contributed by atoms with Crippen LogP contribution in [0.15, 0.2) is 48.5 Å². The van der Waals surface area contributed by atoms with Crippen LogP contribution >= 0.6 is 0 Å². The van der Waals surface area contributed by atoms with Crippen molar-refractivity contribution >= 4 is 11.7 Å². The van der Waals surface area contributed by atoms with Crippen LogP contribution in [0.5, 0.6) is 0 Å². The van der Waals surface area contributed by atoms with Gasteiger partial charge in [0.1, 0.15) is 0 Å². The maximum Gasteiger partial charge on any atom is 0.311 e. The van der Waals surface area contributed by atoms with Gasteiger partial charge in [-0.15, -0.1) is 0 Å². The van der Waals surface area contributed by atoms with Crippen molar-refractivity contribution in [1.29, 1.82) is 0 Å². The molecule has 2 fully saturated rings. The summed E-state index contributed by atoms with van der Waals surface area (Å²) in [6.07, 6.45) is 1.96. The van der Waals surface area contributed by atoms with Gasteiger partial charge in [0.25, 0.3) is 0 Å². The Labute approximate surface area is 160 Å². The van der Waals surface area contributed by atoms with E-state index in [1.165, 1.54) is 22.4 Å². The fraction of sp³-hybridized carbons (Fsp3) is 0.435. The molecule has 1 heterocycles. The molecule has 4 heteroatoms. The molecule has 2 N–H and O–H groups in total. The number of anilines is 1. The first-order chi connectivity index (χ1) is 13.0. The van der Waals surface area contributed by atoms with Gasteiger partial charge in [0.15, 0.2) is 0 Å². The second-order valence-electron chi connectivity index (χ2n) is 8.62. The number of nitrogens with one attached hydrogen (secondary N) is 1. The third-order valence-corrected chi connectivity index (χ3v) is 7.52. The number of hydrogen-bond donors (Lipinski definition) is 2. The van der Waals surface area contributed by atoms with Crippen molar-refractivity contribution in [2.75, 3.05) is 32.1 Å². The zero-order valence-electron chi connectivity index (χ0n) is 15.9. The van der Waals surface area contributed by atoms with Crippen LogP contribution in [0.2, 0.25) is 0 Å². The minimum Gasteiger partial charge on any atom is -0.481 e. The summed E-state index contributed by atoms with van der Waals surface area (Å²) in [6.45, 7) is 1.34. The van der Waals surface area contributed by atoms with E-state index in [1.807, 2.05) is 0 Å². The number of nitrogens with zero attached hydrogens (tertiary/aromatic N) is 1. The summed E-state index contributed by atoms with van der Waals surface area (Å²) >= 11 is 0. The molecule has 1 aliphatic heterocycles. The number of carboxylic acids is 1. The molecule has 27 heavy (non-hydrogen) atoms. The topological polar surface area (TPSA) is 52.6 Å². The SMILES string of the molecule is CN(C)c1cccc(C23CCC(c4ccccc42)C2(C(=O)O)CNCC32)c1. The van der Waals surface area contributed by atoms with E-state index in [2.05, 4.69) is 72.8 Å². The van der Waals surface area contributed by atoms with Crippen LogP contribution in [0.3, 0.4) is 0 Å². The first-order valence-corrected chi connectivity index (χ1v) is 9.83. The molecule has 1 saturated carbocycles. The van der Waals surface area contributed by atoms with E-state index in [4.69, 9.17) is 0 Å². The number of benzene rings is 2. The second kappa shape index (κ2) is 5.59. The molecule has 2 aromatic carbocycles. The standard InChI is InChI=1S/C23H26N2O2/c1-25(2)16-7-5-6-15(12-16)22-11-10-19(17-8-3-4-9-18(17)22)23(21(26)27)14-24-13-20(22)23/h3-9,12,19-20,24H,10-11,13-14H2,1-2H3,(H,26,27). The van der Waals surface area contributed by atoms with Crippen molar-refractivity contribution in [2.24, 2.45) is 11.3 Å². The number of aliphatic carboxylic acids is 1. The largest absolute Gasteiger partial charge is 0.481 e. The van der Waals surface area contributed by atoms with E-state index in [9.17, 15) is 9.90 Å².